The first kappa shape index (κ1) is 20.7. The van der Waals surface area contributed by atoms with Crippen LogP contribution in [-0.4, -0.2) is 44.7 Å². The molecule has 0 spiro atoms. The fraction of sp³-hybridized carbons (Fsp3) is 0.381. The van der Waals surface area contributed by atoms with E-state index in [4.69, 9.17) is 4.74 Å². The molecule has 27 heavy (non-hydrogen) atoms. The molecule has 0 aliphatic heterocycles. The third-order valence-electron chi connectivity index (χ3n) is 3.93. The summed E-state index contributed by atoms with van der Waals surface area (Å²) in [6.45, 7) is 3.99. The lowest BCUT2D eigenvalue weighted by molar-refractivity contribution is 0.214. The number of para-hydroxylation sites is 1. The molecule has 2 aromatic carbocycles. The molecule has 0 heterocycles. The van der Waals surface area contributed by atoms with Gasteiger partial charge in [0, 0.05) is 20.1 Å². The van der Waals surface area contributed by atoms with Crippen LogP contribution in [0.1, 0.15) is 18.1 Å². The third-order valence-corrected chi connectivity index (χ3v) is 3.93. The van der Waals surface area contributed by atoms with Crippen LogP contribution in [0.2, 0.25) is 0 Å². The Morgan fingerprint density at radius 1 is 1.07 bits per heavy atom. The molecule has 0 fully saturated rings. The molecule has 0 amide bonds. The van der Waals surface area contributed by atoms with Crippen LogP contribution in [0, 0.1) is 5.82 Å². The molecule has 2 rings (SSSR count). The second-order valence-electron chi connectivity index (χ2n) is 6.72. The Kier molecular flexibility index (Phi) is 8.07. The van der Waals surface area contributed by atoms with Crippen molar-refractivity contribution in [2.75, 3.05) is 27.7 Å². The highest BCUT2D eigenvalue weighted by molar-refractivity contribution is 5.79. The van der Waals surface area contributed by atoms with E-state index in [0.29, 0.717) is 19.0 Å². The maximum absolute atomic E-state index is 13.6. The highest BCUT2D eigenvalue weighted by Gasteiger charge is 2.09. The van der Waals surface area contributed by atoms with Gasteiger partial charge in [-0.25, -0.2) is 4.39 Å². The molecule has 1 atom stereocenters. The van der Waals surface area contributed by atoms with Gasteiger partial charge >= 0.3 is 0 Å². The maximum Gasteiger partial charge on any atom is 0.191 e. The topological polar surface area (TPSA) is 48.9 Å². The number of halogens is 1. The number of nitrogens with zero attached hydrogens (tertiary/aromatic N) is 2. The molecule has 5 nitrogen and oxygen atoms in total. The average molecular weight is 372 g/mol. The Morgan fingerprint density at radius 3 is 2.37 bits per heavy atom. The van der Waals surface area contributed by atoms with Gasteiger partial charge in [-0.15, -0.1) is 0 Å². The summed E-state index contributed by atoms with van der Waals surface area (Å²) in [5.41, 5.74) is 2.46. The van der Waals surface area contributed by atoms with Crippen LogP contribution < -0.4 is 15.4 Å². The Balaban J connectivity index is 1.77. The summed E-state index contributed by atoms with van der Waals surface area (Å²) >= 11 is 0. The van der Waals surface area contributed by atoms with Crippen molar-refractivity contribution in [2.24, 2.45) is 4.99 Å². The predicted octanol–water partition coefficient (Wildman–Crippen LogP) is 3.02. The molecule has 6 heteroatoms. The van der Waals surface area contributed by atoms with Crippen LogP contribution >= 0.6 is 0 Å². The van der Waals surface area contributed by atoms with Gasteiger partial charge in [0.1, 0.15) is 6.10 Å². The third kappa shape index (κ3) is 7.27. The van der Waals surface area contributed by atoms with Crippen LogP contribution in [0.15, 0.2) is 53.5 Å². The van der Waals surface area contributed by atoms with Crippen molar-refractivity contribution in [2.45, 2.75) is 26.1 Å². The Bertz CT molecular complexity index is 731. The lowest BCUT2D eigenvalue weighted by Crippen LogP contribution is -2.41. The van der Waals surface area contributed by atoms with Gasteiger partial charge < -0.3 is 20.3 Å². The summed E-state index contributed by atoms with van der Waals surface area (Å²) in [5, 5.41) is 6.48. The van der Waals surface area contributed by atoms with Gasteiger partial charge in [0.05, 0.1) is 6.54 Å². The largest absolute Gasteiger partial charge is 0.486 e. The molecule has 146 valence electrons. The summed E-state index contributed by atoms with van der Waals surface area (Å²) in [5.74, 6) is 0.577. The lowest BCUT2D eigenvalue weighted by Gasteiger charge is -2.18. The molecule has 0 aliphatic carbocycles. The van der Waals surface area contributed by atoms with Gasteiger partial charge in [-0.2, -0.15) is 0 Å². The van der Waals surface area contributed by atoms with E-state index < -0.39 is 0 Å². The van der Waals surface area contributed by atoms with Gasteiger partial charge in [-0.05, 0) is 44.3 Å². The fourth-order valence-electron chi connectivity index (χ4n) is 2.57. The zero-order chi connectivity index (χ0) is 19.6. The smallest absolute Gasteiger partial charge is 0.191 e. The number of nitrogens with one attached hydrogen (secondary N) is 2. The van der Waals surface area contributed by atoms with Gasteiger partial charge in [0.2, 0.25) is 0 Å². The summed E-state index contributed by atoms with van der Waals surface area (Å²) < 4.78 is 19.3. The van der Waals surface area contributed by atoms with Crippen molar-refractivity contribution in [1.29, 1.82) is 0 Å². The van der Waals surface area contributed by atoms with Crippen LogP contribution in [-0.2, 0) is 13.1 Å². The quantitative estimate of drug-likeness (QED) is 0.552. The number of guanidine groups is 1. The Morgan fingerprint density at radius 2 is 1.74 bits per heavy atom. The second kappa shape index (κ2) is 10.5. The van der Waals surface area contributed by atoms with Gasteiger partial charge in [0.25, 0.3) is 0 Å². The molecular weight excluding hydrogens is 343 g/mol. The monoisotopic (exact) mass is 372 g/mol. The number of rotatable bonds is 8. The number of hydrogen-bond donors (Lipinski definition) is 2. The van der Waals surface area contributed by atoms with Crippen molar-refractivity contribution in [3.05, 3.63) is 65.5 Å². The van der Waals surface area contributed by atoms with Crippen molar-refractivity contribution in [3.8, 4) is 5.75 Å². The van der Waals surface area contributed by atoms with E-state index in [2.05, 4.69) is 58.9 Å². The first-order chi connectivity index (χ1) is 13.0. The lowest BCUT2D eigenvalue weighted by atomic mass is 10.1. The van der Waals surface area contributed by atoms with Crippen LogP contribution in [0.25, 0.3) is 0 Å². The number of aliphatic imine (C=N–C) groups is 1. The number of ether oxygens (including phenoxy) is 1. The maximum atomic E-state index is 13.6. The minimum Gasteiger partial charge on any atom is -0.486 e. The zero-order valence-electron chi connectivity index (χ0n) is 16.5. The molecular formula is C21H29FN4O. The Labute approximate surface area is 161 Å². The SMILES string of the molecule is CN=C(NCc1ccc(CN(C)C)cc1)NCC(C)Oc1ccccc1F. The van der Waals surface area contributed by atoms with Crippen molar-refractivity contribution < 1.29 is 9.13 Å². The molecule has 0 saturated heterocycles. The first-order valence-electron chi connectivity index (χ1n) is 9.06. The van der Waals surface area contributed by atoms with E-state index in [1.54, 1.807) is 25.2 Å². The molecule has 0 saturated carbocycles. The molecule has 2 N–H and O–H groups in total. The fourth-order valence-corrected chi connectivity index (χ4v) is 2.57. The van der Waals surface area contributed by atoms with E-state index in [1.165, 1.54) is 17.2 Å². The van der Waals surface area contributed by atoms with Gasteiger partial charge in [-0.1, -0.05) is 36.4 Å². The van der Waals surface area contributed by atoms with E-state index in [1.807, 2.05) is 6.92 Å². The molecule has 0 aliphatic rings. The van der Waals surface area contributed by atoms with Gasteiger partial charge in [-0.3, -0.25) is 4.99 Å². The summed E-state index contributed by atoms with van der Waals surface area (Å²) in [4.78, 5) is 6.36. The minimum absolute atomic E-state index is 0.203. The van der Waals surface area contributed by atoms with Crippen molar-refractivity contribution in [3.63, 3.8) is 0 Å². The van der Waals surface area contributed by atoms with Crippen LogP contribution in [0.5, 0.6) is 5.75 Å². The summed E-state index contributed by atoms with van der Waals surface area (Å²) in [6, 6.07) is 14.9. The molecule has 1 unspecified atom stereocenters. The minimum atomic E-state index is -0.357. The number of hydrogen-bond acceptors (Lipinski definition) is 3. The highest BCUT2D eigenvalue weighted by atomic mass is 19.1. The zero-order valence-corrected chi connectivity index (χ0v) is 16.5. The molecule has 2 aromatic rings. The molecule has 0 radical (unpaired) electrons. The van der Waals surface area contributed by atoms with Crippen molar-refractivity contribution >= 4 is 5.96 Å². The van der Waals surface area contributed by atoms with E-state index >= 15 is 0 Å². The van der Waals surface area contributed by atoms with E-state index in [9.17, 15) is 4.39 Å². The van der Waals surface area contributed by atoms with Crippen LogP contribution in [0.4, 0.5) is 4.39 Å². The molecule has 0 bridgehead atoms. The highest BCUT2D eigenvalue weighted by Crippen LogP contribution is 2.16. The standard InChI is InChI=1S/C21H29FN4O/c1-16(27-20-8-6-5-7-19(20)22)13-24-21(23-2)25-14-17-9-11-18(12-10-17)15-26(3)4/h5-12,16H,13-15H2,1-4H3,(H2,23,24,25). The second-order valence-corrected chi connectivity index (χ2v) is 6.72. The number of benzene rings is 2. The average Bonchev–Trinajstić information content (AvgIpc) is 2.64. The molecule has 0 aromatic heterocycles. The summed E-state index contributed by atoms with van der Waals surface area (Å²) in [7, 11) is 5.84. The van der Waals surface area contributed by atoms with Crippen LogP contribution in [0.3, 0.4) is 0 Å². The van der Waals surface area contributed by atoms with E-state index in [0.717, 1.165) is 6.54 Å². The van der Waals surface area contributed by atoms with E-state index in [-0.39, 0.29) is 17.7 Å². The Hall–Kier alpha value is -2.60. The van der Waals surface area contributed by atoms with Crippen molar-refractivity contribution in [1.82, 2.24) is 15.5 Å². The normalized spacial score (nSPS) is 12.7. The first-order valence-corrected chi connectivity index (χ1v) is 9.06. The van der Waals surface area contributed by atoms with Gasteiger partial charge in [0.15, 0.2) is 17.5 Å². The predicted molar refractivity (Wildman–Crippen MR) is 109 cm³/mol. The summed E-state index contributed by atoms with van der Waals surface area (Å²) in [6.07, 6.45) is -0.203.